The van der Waals surface area contributed by atoms with Gasteiger partial charge in [-0.05, 0) is 37.4 Å². The normalized spacial score (nSPS) is 26.7. The van der Waals surface area contributed by atoms with Gasteiger partial charge in [-0.1, -0.05) is 0 Å². The van der Waals surface area contributed by atoms with Crippen LogP contribution in [0, 0.1) is 17.2 Å². The Morgan fingerprint density at radius 2 is 2.33 bits per heavy atom. The summed E-state index contributed by atoms with van der Waals surface area (Å²) in [4.78, 5) is 14.1. The Morgan fingerprint density at radius 1 is 1.44 bits per heavy atom. The Balaban J connectivity index is 1.78. The van der Waals surface area contributed by atoms with Gasteiger partial charge in [0.25, 0.3) is 5.91 Å². The van der Waals surface area contributed by atoms with Crippen LogP contribution in [0.2, 0.25) is 0 Å². The fourth-order valence-electron chi connectivity index (χ4n) is 2.77. The zero-order chi connectivity index (χ0) is 12.5. The third-order valence-corrected chi connectivity index (χ3v) is 3.75. The lowest BCUT2D eigenvalue weighted by Crippen LogP contribution is -2.40. The van der Waals surface area contributed by atoms with Gasteiger partial charge in [-0.25, -0.2) is 0 Å². The van der Waals surface area contributed by atoms with Crippen molar-refractivity contribution in [3.8, 4) is 6.07 Å². The summed E-state index contributed by atoms with van der Waals surface area (Å²) in [7, 11) is 0. The van der Waals surface area contributed by atoms with Gasteiger partial charge in [0.1, 0.15) is 6.07 Å². The minimum Gasteiger partial charge on any atom is -0.440 e. The van der Waals surface area contributed by atoms with Crippen LogP contribution in [0.4, 0.5) is 0 Å². The van der Waals surface area contributed by atoms with E-state index >= 15 is 0 Å². The van der Waals surface area contributed by atoms with E-state index in [1.807, 2.05) is 11.0 Å². The number of hydrogen-bond donors (Lipinski definition) is 1. The second-order valence-electron chi connectivity index (χ2n) is 5.03. The lowest BCUT2D eigenvalue weighted by Gasteiger charge is -2.22. The van der Waals surface area contributed by atoms with Crippen molar-refractivity contribution in [2.75, 3.05) is 19.6 Å². The van der Waals surface area contributed by atoms with Gasteiger partial charge in [0.15, 0.2) is 5.76 Å². The van der Waals surface area contributed by atoms with Crippen LogP contribution in [0.5, 0.6) is 0 Å². The lowest BCUT2D eigenvalue weighted by atomic mass is 9.97. The molecule has 0 spiro atoms. The summed E-state index contributed by atoms with van der Waals surface area (Å²) in [5, 5.41) is 12.2. The predicted molar refractivity (Wildman–Crippen MR) is 63.8 cm³/mol. The van der Waals surface area contributed by atoms with E-state index in [9.17, 15) is 4.79 Å². The van der Waals surface area contributed by atoms with Crippen molar-refractivity contribution in [3.63, 3.8) is 0 Å². The first-order chi connectivity index (χ1) is 8.76. The number of carbonyl (C=O) groups excluding carboxylic acids is 1. The first-order valence-electron chi connectivity index (χ1n) is 6.29. The van der Waals surface area contributed by atoms with Crippen molar-refractivity contribution in [2.45, 2.75) is 18.9 Å². The maximum Gasteiger partial charge on any atom is 0.289 e. The second-order valence-corrected chi connectivity index (χ2v) is 5.03. The number of fused-ring (bicyclic) bond motifs is 4. The van der Waals surface area contributed by atoms with Crippen LogP contribution in [0.1, 0.15) is 29.2 Å². The van der Waals surface area contributed by atoms with Crippen LogP contribution >= 0.6 is 0 Å². The molecule has 3 aliphatic heterocycles. The Hall–Kier alpha value is -1.80. The summed E-state index contributed by atoms with van der Waals surface area (Å²) in [6, 6.07) is 5.42. The van der Waals surface area contributed by atoms with Crippen LogP contribution in [0.25, 0.3) is 0 Å². The minimum atomic E-state index is -0.0999. The maximum absolute atomic E-state index is 12.3. The largest absolute Gasteiger partial charge is 0.440 e. The van der Waals surface area contributed by atoms with Crippen LogP contribution in [-0.2, 0) is 0 Å². The highest BCUT2D eigenvalue weighted by atomic mass is 16.3. The molecule has 0 aliphatic carbocycles. The molecule has 0 radical (unpaired) electrons. The zero-order valence-corrected chi connectivity index (χ0v) is 10.1. The fourth-order valence-corrected chi connectivity index (χ4v) is 2.77. The molecule has 4 rings (SSSR count). The van der Waals surface area contributed by atoms with Crippen molar-refractivity contribution < 1.29 is 9.21 Å². The first kappa shape index (κ1) is 11.3. The van der Waals surface area contributed by atoms with Gasteiger partial charge in [0, 0.05) is 19.1 Å². The molecule has 5 heteroatoms. The molecule has 3 aliphatic rings. The highest BCUT2D eigenvalue weighted by molar-refractivity contribution is 5.91. The molecule has 1 aromatic rings. The van der Waals surface area contributed by atoms with E-state index in [1.54, 1.807) is 6.07 Å². The third kappa shape index (κ3) is 2.00. The maximum atomic E-state index is 12.3. The number of rotatable bonds is 1. The first-order valence-corrected chi connectivity index (χ1v) is 6.29. The van der Waals surface area contributed by atoms with Gasteiger partial charge in [0.2, 0.25) is 5.76 Å². The number of nitriles is 1. The summed E-state index contributed by atoms with van der Waals surface area (Å²) >= 11 is 0. The van der Waals surface area contributed by atoms with Crippen LogP contribution in [-0.4, -0.2) is 36.5 Å². The molecule has 94 valence electrons. The molecule has 1 N–H and O–H groups in total. The van der Waals surface area contributed by atoms with E-state index in [2.05, 4.69) is 5.32 Å². The van der Waals surface area contributed by atoms with E-state index < -0.39 is 0 Å². The van der Waals surface area contributed by atoms with Gasteiger partial charge in [-0.3, -0.25) is 4.79 Å². The van der Waals surface area contributed by atoms with E-state index in [0.717, 1.165) is 26.1 Å². The fraction of sp³-hybridized carbons (Fsp3) is 0.538. The van der Waals surface area contributed by atoms with Crippen molar-refractivity contribution >= 4 is 5.91 Å². The number of piperidine rings is 1. The summed E-state index contributed by atoms with van der Waals surface area (Å²) in [5.74, 6) is 0.900. The standard InChI is InChI=1S/C13H15N3O2/c14-5-11-3-4-12(18-11)13(17)16-7-9-1-2-10(8-16)15-6-9/h3-4,9-10,15H,1-2,6-8H2. The minimum absolute atomic E-state index is 0.0999. The molecule has 18 heavy (non-hydrogen) atoms. The van der Waals surface area contributed by atoms with Crippen LogP contribution in [0.3, 0.4) is 0 Å². The van der Waals surface area contributed by atoms with Gasteiger partial charge >= 0.3 is 0 Å². The molecule has 2 atom stereocenters. The SMILES string of the molecule is N#Cc1ccc(C(=O)N2CC3CCC(C2)NC3)o1. The third-order valence-electron chi connectivity index (χ3n) is 3.75. The number of nitrogens with one attached hydrogen (secondary N) is 1. The van der Waals surface area contributed by atoms with E-state index in [0.29, 0.717) is 12.0 Å². The van der Waals surface area contributed by atoms with Crippen LogP contribution in [0.15, 0.2) is 16.5 Å². The van der Waals surface area contributed by atoms with Gasteiger partial charge in [-0.15, -0.1) is 0 Å². The van der Waals surface area contributed by atoms with Gasteiger partial charge in [-0.2, -0.15) is 5.26 Å². The predicted octanol–water partition coefficient (Wildman–Crippen LogP) is 0.975. The van der Waals surface area contributed by atoms with Crippen LogP contribution < -0.4 is 5.32 Å². The lowest BCUT2D eigenvalue weighted by molar-refractivity contribution is 0.0716. The molecule has 5 nitrogen and oxygen atoms in total. The summed E-state index contributed by atoms with van der Waals surface area (Å²) in [5.41, 5.74) is 0. The molecule has 3 saturated heterocycles. The molecule has 0 saturated carbocycles. The molecule has 0 aromatic carbocycles. The zero-order valence-electron chi connectivity index (χ0n) is 10.1. The molecule has 3 fully saturated rings. The van der Waals surface area contributed by atoms with Crippen molar-refractivity contribution in [2.24, 2.45) is 5.92 Å². The number of amides is 1. The Morgan fingerprint density at radius 3 is 3.00 bits per heavy atom. The topological polar surface area (TPSA) is 69.3 Å². The molecule has 1 aromatic heterocycles. The van der Waals surface area contributed by atoms with Gasteiger partial charge < -0.3 is 14.6 Å². The number of hydrogen-bond acceptors (Lipinski definition) is 4. The highest BCUT2D eigenvalue weighted by Crippen LogP contribution is 2.23. The summed E-state index contributed by atoms with van der Waals surface area (Å²) < 4.78 is 5.21. The molecule has 2 bridgehead atoms. The smallest absolute Gasteiger partial charge is 0.289 e. The molecule has 2 unspecified atom stereocenters. The Bertz CT molecular complexity index is 481. The molecule has 4 heterocycles. The molecular weight excluding hydrogens is 230 g/mol. The van der Waals surface area contributed by atoms with Crippen molar-refractivity contribution in [1.82, 2.24) is 10.2 Å². The monoisotopic (exact) mass is 245 g/mol. The number of furan rings is 1. The molecular formula is C13H15N3O2. The Labute approximate surface area is 105 Å². The second kappa shape index (κ2) is 4.46. The van der Waals surface area contributed by atoms with E-state index in [-0.39, 0.29) is 17.4 Å². The highest BCUT2D eigenvalue weighted by Gasteiger charge is 2.32. The number of nitrogens with zero attached hydrogens (tertiary/aromatic N) is 2. The average Bonchev–Trinajstić information content (AvgIpc) is 2.68. The van der Waals surface area contributed by atoms with Gasteiger partial charge in [0.05, 0.1) is 0 Å². The van der Waals surface area contributed by atoms with E-state index in [4.69, 9.17) is 9.68 Å². The summed E-state index contributed by atoms with van der Waals surface area (Å²) in [6.45, 7) is 2.51. The Kier molecular flexibility index (Phi) is 2.80. The van der Waals surface area contributed by atoms with E-state index in [1.165, 1.54) is 12.5 Å². The number of carbonyl (C=O) groups is 1. The quantitative estimate of drug-likeness (QED) is 0.800. The van der Waals surface area contributed by atoms with Crippen molar-refractivity contribution in [1.29, 1.82) is 5.26 Å². The summed E-state index contributed by atoms with van der Waals surface area (Å²) in [6.07, 6.45) is 2.32. The molecule has 1 amide bonds. The van der Waals surface area contributed by atoms with Crippen molar-refractivity contribution in [3.05, 3.63) is 23.7 Å². The average molecular weight is 245 g/mol.